The summed E-state index contributed by atoms with van der Waals surface area (Å²) in [6.45, 7) is 0.369. The van der Waals surface area contributed by atoms with E-state index in [2.05, 4.69) is 10.3 Å². The van der Waals surface area contributed by atoms with Gasteiger partial charge in [-0.05, 0) is 43.9 Å². The third kappa shape index (κ3) is 6.53. The molecule has 6 nitrogen and oxygen atoms in total. The Bertz CT molecular complexity index is 708. The number of aromatic nitrogens is 1. The molecule has 2 aromatic rings. The molecule has 3 rings (SSSR count). The summed E-state index contributed by atoms with van der Waals surface area (Å²) in [4.78, 5) is 16.7. The molecule has 0 radical (unpaired) electrons. The lowest BCUT2D eigenvalue weighted by atomic mass is 9.91. The highest BCUT2D eigenvalue weighted by Crippen LogP contribution is 2.29. The number of amides is 1. The normalized spacial score (nSPS) is 18.6. The van der Waals surface area contributed by atoms with Gasteiger partial charge in [0.05, 0.1) is 18.3 Å². The highest BCUT2D eigenvalue weighted by molar-refractivity contribution is 7.07. The zero-order chi connectivity index (χ0) is 17.6. The third-order valence-electron chi connectivity index (χ3n) is 4.39. The molecule has 1 aromatic heterocycles. The van der Waals surface area contributed by atoms with Gasteiger partial charge in [0.25, 0.3) is 5.91 Å². The van der Waals surface area contributed by atoms with Crippen molar-refractivity contribution in [2.24, 2.45) is 5.73 Å². The smallest absolute Gasteiger partial charge is 0.251 e. The number of thiazole rings is 1. The number of nitrogens with zero attached hydrogens (tertiary/aromatic N) is 1. The number of carbonyl (C=O) groups is 1. The molecule has 27 heavy (non-hydrogen) atoms. The fourth-order valence-corrected chi connectivity index (χ4v) is 3.46. The Hall–Kier alpha value is -1.54. The van der Waals surface area contributed by atoms with Crippen LogP contribution in [0.3, 0.4) is 0 Å². The molecule has 0 spiro atoms. The third-order valence-corrected chi connectivity index (χ3v) is 5.03. The number of nitrogens with two attached hydrogens (primary N) is 1. The monoisotopic (exact) mass is 433 g/mol. The summed E-state index contributed by atoms with van der Waals surface area (Å²) in [6, 6.07) is 5.68. The second kappa shape index (κ2) is 11.3. The summed E-state index contributed by atoms with van der Waals surface area (Å²) in [5, 5.41) is 5.02. The topological polar surface area (TPSA) is 86.5 Å². The number of methoxy groups -OCH3 is 1. The van der Waals surface area contributed by atoms with Crippen LogP contribution >= 0.6 is 36.2 Å². The zero-order valence-electron chi connectivity index (χ0n) is 15.1. The van der Waals surface area contributed by atoms with Gasteiger partial charge in [0.15, 0.2) is 11.5 Å². The Morgan fingerprint density at radius 1 is 1.26 bits per heavy atom. The van der Waals surface area contributed by atoms with E-state index in [4.69, 9.17) is 15.2 Å². The second-order valence-electron chi connectivity index (χ2n) is 6.22. The molecule has 1 heterocycles. The number of rotatable bonds is 6. The van der Waals surface area contributed by atoms with E-state index in [1.54, 1.807) is 30.8 Å². The fourth-order valence-electron chi connectivity index (χ4n) is 2.92. The SMILES string of the molecule is COc1cc(C(=O)NC2CCC(N)CC2)ccc1OCc1cscn1.Cl.Cl. The number of benzene rings is 1. The van der Waals surface area contributed by atoms with E-state index in [-0.39, 0.29) is 42.8 Å². The van der Waals surface area contributed by atoms with Gasteiger partial charge >= 0.3 is 0 Å². The van der Waals surface area contributed by atoms with E-state index in [1.165, 1.54) is 11.3 Å². The number of carbonyl (C=O) groups excluding carboxylic acids is 1. The lowest BCUT2D eigenvalue weighted by Crippen LogP contribution is -2.40. The van der Waals surface area contributed by atoms with Crippen LogP contribution in [-0.2, 0) is 6.61 Å². The van der Waals surface area contributed by atoms with Crippen LogP contribution in [0.1, 0.15) is 41.7 Å². The predicted octanol–water partition coefficient (Wildman–Crippen LogP) is 3.57. The van der Waals surface area contributed by atoms with Crippen LogP contribution in [0, 0.1) is 0 Å². The van der Waals surface area contributed by atoms with Gasteiger partial charge in [0, 0.05) is 23.0 Å². The van der Waals surface area contributed by atoms with Crippen molar-refractivity contribution < 1.29 is 14.3 Å². The number of halogens is 2. The Balaban J connectivity index is 0.00000182. The first-order valence-corrected chi connectivity index (χ1v) is 9.34. The van der Waals surface area contributed by atoms with Crippen LogP contribution in [0.2, 0.25) is 0 Å². The minimum Gasteiger partial charge on any atom is -0.493 e. The summed E-state index contributed by atoms with van der Waals surface area (Å²) in [5.41, 5.74) is 9.10. The van der Waals surface area contributed by atoms with Crippen molar-refractivity contribution in [2.75, 3.05) is 7.11 Å². The molecule has 0 aliphatic heterocycles. The van der Waals surface area contributed by atoms with Crippen molar-refractivity contribution in [2.45, 2.75) is 44.4 Å². The Labute approximate surface area is 175 Å². The van der Waals surface area contributed by atoms with Crippen molar-refractivity contribution >= 4 is 42.1 Å². The standard InChI is InChI=1S/C18H23N3O3S.2ClH/c1-23-17-8-12(18(22)21-14-5-3-13(19)4-6-14)2-7-16(17)24-9-15-10-25-11-20-15;;/h2,7-8,10-11,13-14H,3-6,9,19H2,1H3,(H,21,22);2*1H. The number of ether oxygens (including phenoxy) is 2. The minimum absolute atomic E-state index is 0. The molecule has 9 heteroatoms. The Kier molecular flexibility index (Phi) is 9.87. The first-order valence-electron chi connectivity index (χ1n) is 8.40. The van der Waals surface area contributed by atoms with Gasteiger partial charge in [-0.15, -0.1) is 36.2 Å². The predicted molar refractivity (Wildman–Crippen MR) is 112 cm³/mol. The molecule has 0 saturated heterocycles. The van der Waals surface area contributed by atoms with Gasteiger partial charge in [0.2, 0.25) is 0 Å². The summed E-state index contributed by atoms with van der Waals surface area (Å²) in [7, 11) is 1.56. The highest BCUT2D eigenvalue weighted by Gasteiger charge is 2.21. The van der Waals surface area contributed by atoms with Crippen LogP contribution in [0.4, 0.5) is 0 Å². The molecule has 1 aliphatic carbocycles. The van der Waals surface area contributed by atoms with E-state index >= 15 is 0 Å². The number of hydrogen-bond donors (Lipinski definition) is 2. The van der Waals surface area contributed by atoms with Crippen LogP contribution < -0.4 is 20.5 Å². The van der Waals surface area contributed by atoms with Crippen molar-refractivity contribution in [3.63, 3.8) is 0 Å². The molecule has 0 bridgehead atoms. The molecule has 0 atom stereocenters. The highest BCUT2D eigenvalue weighted by atomic mass is 35.5. The molecule has 3 N–H and O–H groups in total. The van der Waals surface area contributed by atoms with E-state index in [1.807, 2.05) is 5.38 Å². The molecule has 1 aromatic carbocycles. The van der Waals surface area contributed by atoms with Crippen LogP contribution in [0.25, 0.3) is 0 Å². The maximum atomic E-state index is 12.5. The summed E-state index contributed by atoms with van der Waals surface area (Å²) in [6.07, 6.45) is 3.77. The largest absolute Gasteiger partial charge is 0.493 e. The summed E-state index contributed by atoms with van der Waals surface area (Å²) < 4.78 is 11.1. The Morgan fingerprint density at radius 3 is 2.63 bits per heavy atom. The van der Waals surface area contributed by atoms with E-state index in [0.717, 1.165) is 31.4 Å². The number of hydrogen-bond acceptors (Lipinski definition) is 6. The molecular formula is C18H25Cl2N3O3S. The maximum absolute atomic E-state index is 12.5. The average molecular weight is 434 g/mol. The fraction of sp³-hybridized carbons (Fsp3) is 0.444. The molecule has 0 unspecified atom stereocenters. The lowest BCUT2D eigenvalue weighted by Gasteiger charge is -2.26. The molecule has 1 saturated carbocycles. The van der Waals surface area contributed by atoms with E-state index in [9.17, 15) is 4.79 Å². The molecule has 1 fully saturated rings. The maximum Gasteiger partial charge on any atom is 0.251 e. The van der Waals surface area contributed by atoms with Crippen molar-refractivity contribution in [3.8, 4) is 11.5 Å². The molecule has 150 valence electrons. The quantitative estimate of drug-likeness (QED) is 0.726. The summed E-state index contributed by atoms with van der Waals surface area (Å²) >= 11 is 1.52. The van der Waals surface area contributed by atoms with Gasteiger partial charge in [-0.2, -0.15) is 0 Å². The average Bonchev–Trinajstić information content (AvgIpc) is 3.15. The van der Waals surface area contributed by atoms with Crippen LogP contribution in [0.5, 0.6) is 11.5 Å². The zero-order valence-corrected chi connectivity index (χ0v) is 17.5. The van der Waals surface area contributed by atoms with Crippen molar-refractivity contribution in [3.05, 3.63) is 40.3 Å². The van der Waals surface area contributed by atoms with E-state index < -0.39 is 0 Å². The van der Waals surface area contributed by atoms with Gasteiger partial charge in [-0.1, -0.05) is 0 Å². The lowest BCUT2D eigenvalue weighted by molar-refractivity contribution is 0.0925. The van der Waals surface area contributed by atoms with Crippen molar-refractivity contribution in [1.29, 1.82) is 0 Å². The second-order valence-corrected chi connectivity index (χ2v) is 6.94. The molecule has 1 amide bonds. The van der Waals surface area contributed by atoms with E-state index in [0.29, 0.717) is 23.7 Å². The minimum atomic E-state index is -0.0928. The molecule has 1 aliphatic rings. The van der Waals surface area contributed by atoms with Crippen LogP contribution in [-0.4, -0.2) is 30.1 Å². The summed E-state index contributed by atoms with van der Waals surface area (Å²) in [5.74, 6) is 1.04. The first-order chi connectivity index (χ1) is 12.2. The first kappa shape index (κ1) is 23.5. The van der Waals surface area contributed by atoms with Crippen LogP contribution in [0.15, 0.2) is 29.1 Å². The van der Waals surface area contributed by atoms with Gasteiger partial charge in [-0.3, -0.25) is 4.79 Å². The number of nitrogens with one attached hydrogen (secondary N) is 1. The van der Waals surface area contributed by atoms with Crippen molar-refractivity contribution in [1.82, 2.24) is 10.3 Å². The van der Waals surface area contributed by atoms with Gasteiger partial charge in [0.1, 0.15) is 6.61 Å². The Morgan fingerprint density at radius 2 is 2.00 bits per heavy atom. The van der Waals surface area contributed by atoms with Gasteiger partial charge < -0.3 is 20.5 Å². The molecular weight excluding hydrogens is 409 g/mol. The van der Waals surface area contributed by atoms with Gasteiger partial charge in [-0.25, -0.2) is 4.98 Å².